The van der Waals surface area contributed by atoms with Gasteiger partial charge in [-0.05, 0) is 92.5 Å². The van der Waals surface area contributed by atoms with Crippen molar-refractivity contribution in [2.75, 3.05) is 7.11 Å². The van der Waals surface area contributed by atoms with Crippen LogP contribution in [0.25, 0.3) is 0 Å². The molecule has 1 fully saturated rings. The molecule has 0 aliphatic heterocycles. The van der Waals surface area contributed by atoms with Crippen LogP contribution in [0.5, 0.6) is 11.5 Å². The van der Waals surface area contributed by atoms with Crippen LogP contribution in [0.1, 0.15) is 69.6 Å². The van der Waals surface area contributed by atoms with Crippen LogP contribution < -0.4 is 9.47 Å². The lowest BCUT2D eigenvalue weighted by Gasteiger charge is -2.38. The Kier molecular flexibility index (Phi) is 8.86. The number of hydrogen-bond acceptors (Lipinski definition) is 3. The summed E-state index contributed by atoms with van der Waals surface area (Å²) in [5.41, 5.74) is 3.53. The zero-order valence-electron chi connectivity index (χ0n) is 20.4. The fraction of sp³-hybridized carbons (Fsp3) is 0.536. The minimum absolute atomic E-state index is 0.00219. The van der Waals surface area contributed by atoms with Crippen LogP contribution in [0.3, 0.4) is 0 Å². The number of ether oxygens (including phenoxy) is 2. The molecule has 1 aliphatic rings. The average molecular weight is 518 g/mol. The fourth-order valence-corrected chi connectivity index (χ4v) is 5.08. The molecule has 2 aromatic carbocycles. The topological polar surface area (TPSA) is 55.8 Å². The Labute approximate surface area is 206 Å². The zero-order chi connectivity index (χ0) is 24.1. The van der Waals surface area contributed by atoms with Crippen LogP contribution in [0, 0.1) is 17.8 Å². The third-order valence-corrected chi connectivity index (χ3v) is 7.60. The van der Waals surface area contributed by atoms with Gasteiger partial charge in [0.2, 0.25) is 0 Å². The second-order valence-corrected chi connectivity index (χ2v) is 10.8. The van der Waals surface area contributed by atoms with Crippen LogP contribution in [0.15, 0.2) is 40.9 Å². The molecular weight excluding hydrogens is 480 g/mol. The second-order valence-electron chi connectivity index (χ2n) is 9.95. The molecule has 1 aliphatic carbocycles. The van der Waals surface area contributed by atoms with Gasteiger partial charge in [-0.3, -0.25) is 4.79 Å². The van der Waals surface area contributed by atoms with Crippen molar-refractivity contribution in [2.24, 2.45) is 17.8 Å². The molecule has 5 heteroatoms. The van der Waals surface area contributed by atoms with Gasteiger partial charge in [0, 0.05) is 4.47 Å². The molecule has 0 heterocycles. The van der Waals surface area contributed by atoms with Crippen LogP contribution in [0.4, 0.5) is 0 Å². The normalized spacial score (nSPS) is 18.8. The first-order chi connectivity index (χ1) is 15.7. The maximum atomic E-state index is 12.0. The van der Waals surface area contributed by atoms with Crippen molar-refractivity contribution in [3.8, 4) is 11.5 Å². The van der Waals surface area contributed by atoms with Crippen LogP contribution in [-0.4, -0.2) is 24.3 Å². The summed E-state index contributed by atoms with van der Waals surface area (Å²) in [6.45, 7) is 8.54. The van der Waals surface area contributed by atoms with E-state index in [0.29, 0.717) is 30.3 Å². The number of aryl methyl sites for hydroxylation is 1. The second kappa shape index (κ2) is 11.4. The van der Waals surface area contributed by atoms with Gasteiger partial charge in [-0.2, -0.15) is 0 Å². The largest absolute Gasteiger partial charge is 0.493 e. The molecule has 33 heavy (non-hydrogen) atoms. The van der Waals surface area contributed by atoms with Crippen LogP contribution in [0.2, 0.25) is 0 Å². The number of rotatable bonds is 11. The summed E-state index contributed by atoms with van der Waals surface area (Å²) in [4.78, 5) is 12.0. The number of halogens is 1. The SMILES string of the molecule is COc1cc(Br)c(CC(CCc2ccc(C3CC(C(C)C)C3)cc2)C(=O)O)cc1OC(C)C. The Balaban J connectivity index is 1.63. The summed E-state index contributed by atoms with van der Waals surface area (Å²) in [6.07, 6.45) is 4.36. The van der Waals surface area contributed by atoms with Crippen molar-refractivity contribution in [3.63, 3.8) is 0 Å². The van der Waals surface area contributed by atoms with E-state index in [1.807, 2.05) is 26.0 Å². The molecule has 0 aromatic heterocycles. The first-order valence-electron chi connectivity index (χ1n) is 12.0. The maximum absolute atomic E-state index is 12.0. The summed E-state index contributed by atoms with van der Waals surface area (Å²) >= 11 is 3.58. The monoisotopic (exact) mass is 516 g/mol. The van der Waals surface area contributed by atoms with E-state index in [1.165, 1.54) is 24.0 Å². The van der Waals surface area contributed by atoms with Crippen LogP contribution >= 0.6 is 15.9 Å². The molecule has 2 aromatic rings. The fourth-order valence-electron chi connectivity index (χ4n) is 4.59. The molecule has 0 radical (unpaired) electrons. The van der Waals surface area contributed by atoms with Crippen molar-refractivity contribution in [1.29, 1.82) is 0 Å². The summed E-state index contributed by atoms with van der Waals surface area (Å²) in [5.74, 6) is 2.35. The molecule has 1 saturated carbocycles. The Bertz CT molecular complexity index is 930. The molecule has 4 nitrogen and oxygen atoms in total. The number of carboxylic acids is 1. The van der Waals surface area contributed by atoms with Crippen molar-refractivity contribution >= 4 is 21.9 Å². The van der Waals surface area contributed by atoms with Crippen molar-refractivity contribution < 1.29 is 19.4 Å². The molecule has 0 amide bonds. The Morgan fingerprint density at radius 2 is 1.76 bits per heavy atom. The highest BCUT2D eigenvalue weighted by Crippen LogP contribution is 2.45. The Morgan fingerprint density at radius 3 is 2.30 bits per heavy atom. The average Bonchev–Trinajstić information content (AvgIpc) is 2.71. The van der Waals surface area contributed by atoms with Gasteiger partial charge >= 0.3 is 5.97 Å². The number of hydrogen-bond donors (Lipinski definition) is 1. The van der Waals surface area contributed by atoms with E-state index in [0.717, 1.165) is 28.3 Å². The molecule has 3 rings (SSSR count). The van der Waals surface area contributed by atoms with E-state index in [9.17, 15) is 9.90 Å². The van der Waals surface area contributed by atoms with Crippen molar-refractivity contribution in [3.05, 3.63) is 57.6 Å². The number of carboxylic acid groups (broad SMARTS) is 1. The number of methoxy groups -OCH3 is 1. The van der Waals surface area contributed by atoms with Gasteiger partial charge in [-0.25, -0.2) is 0 Å². The van der Waals surface area contributed by atoms with Gasteiger partial charge < -0.3 is 14.6 Å². The molecule has 0 saturated heterocycles. The Hall–Kier alpha value is -2.01. The summed E-state index contributed by atoms with van der Waals surface area (Å²) in [7, 11) is 1.60. The molecule has 1 atom stereocenters. The van der Waals surface area contributed by atoms with E-state index in [4.69, 9.17) is 9.47 Å². The summed E-state index contributed by atoms with van der Waals surface area (Å²) < 4.78 is 12.1. The highest BCUT2D eigenvalue weighted by molar-refractivity contribution is 9.10. The third kappa shape index (κ3) is 6.75. The van der Waals surface area contributed by atoms with Gasteiger partial charge in [0.25, 0.3) is 0 Å². The number of aliphatic carboxylic acids is 1. The lowest BCUT2D eigenvalue weighted by Crippen LogP contribution is -2.26. The predicted octanol–water partition coefficient (Wildman–Crippen LogP) is 7.27. The first-order valence-corrected chi connectivity index (χ1v) is 12.8. The van der Waals surface area contributed by atoms with Gasteiger partial charge in [0.15, 0.2) is 11.5 Å². The van der Waals surface area contributed by atoms with E-state index < -0.39 is 11.9 Å². The first kappa shape index (κ1) is 25.6. The summed E-state index contributed by atoms with van der Waals surface area (Å²) in [5, 5.41) is 9.87. The molecule has 0 spiro atoms. The maximum Gasteiger partial charge on any atom is 0.306 e. The van der Waals surface area contributed by atoms with Crippen LogP contribution in [-0.2, 0) is 17.6 Å². The van der Waals surface area contributed by atoms with Crippen molar-refractivity contribution in [1.82, 2.24) is 0 Å². The van der Waals surface area contributed by atoms with E-state index in [1.54, 1.807) is 7.11 Å². The van der Waals surface area contributed by atoms with E-state index in [-0.39, 0.29) is 6.10 Å². The Morgan fingerprint density at radius 1 is 1.09 bits per heavy atom. The molecule has 1 unspecified atom stereocenters. The van der Waals surface area contributed by atoms with Gasteiger partial charge in [0.05, 0.1) is 19.1 Å². The standard InChI is InChI=1S/C28H37BrO4/c1-17(2)22-13-23(14-22)20-9-6-19(7-10-20)8-11-21(28(30)31)12-24-15-27(33-18(3)4)26(32-5)16-25(24)29/h6-7,9-10,15-18,21-23H,8,11-14H2,1-5H3,(H,30,31). The smallest absolute Gasteiger partial charge is 0.306 e. The molecule has 1 N–H and O–H groups in total. The van der Waals surface area contributed by atoms with E-state index >= 15 is 0 Å². The highest BCUT2D eigenvalue weighted by atomic mass is 79.9. The lowest BCUT2D eigenvalue weighted by atomic mass is 9.67. The molecule has 180 valence electrons. The highest BCUT2D eigenvalue weighted by Gasteiger charge is 2.32. The number of benzene rings is 2. The molecule has 0 bridgehead atoms. The van der Waals surface area contributed by atoms with Gasteiger partial charge in [-0.15, -0.1) is 0 Å². The number of carbonyl (C=O) groups is 1. The van der Waals surface area contributed by atoms with Gasteiger partial charge in [0.1, 0.15) is 0 Å². The lowest BCUT2D eigenvalue weighted by molar-refractivity contribution is -0.141. The minimum Gasteiger partial charge on any atom is -0.493 e. The summed E-state index contributed by atoms with van der Waals surface area (Å²) in [6, 6.07) is 12.6. The van der Waals surface area contributed by atoms with E-state index in [2.05, 4.69) is 54.0 Å². The quantitative estimate of drug-likeness (QED) is 0.341. The zero-order valence-corrected chi connectivity index (χ0v) is 22.0. The minimum atomic E-state index is -0.769. The van der Waals surface area contributed by atoms with Crippen molar-refractivity contribution in [2.45, 2.75) is 71.8 Å². The third-order valence-electron chi connectivity index (χ3n) is 6.86. The van der Waals surface area contributed by atoms with Gasteiger partial charge in [-0.1, -0.05) is 54.0 Å². The predicted molar refractivity (Wildman–Crippen MR) is 136 cm³/mol. The molecular formula is C28H37BrO4.